The van der Waals surface area contributed by atoms with Crippen LogP contribution in [0.3, 0.4) is 0 Å². The molecular formula is C18H15ClF4N4O2. The Bertz CT molecular complexity index is 1070. The van der Waals surface area contributed by atoms with Crippen molar-refractivity contribution in [2.45, 2.75) is 33.4 Å². The van der Waals surface area contributed by atoms with Crippen molar-refractivity contribution in [1.29, 1.82) is 0 Å². The number of rotatable bonds is 6. The summed E-state index contributed by atoms with van der Waals surface area (Å²) in [6, 6.07) is 5.07. The molecule has 0 saturated carbocycles. The average molecular weight is 431 g/mol. The SMILES string of the molecule is Cc1cc(C(F)F)c2c(C)nn(CC(=O)Nc3ccc(OC(F)F)c(Cl)c3)c2n1. The Hall–Kier alpha value is -2.88. The molecule has 0 bridgehead atoms. The van der Waals surface area contributed by atoms with Crippen LogP contribution in [0.2, 0.25) is 5.02 Å². The quantitative estimate of drug-likeness (QED) is 0.566. The average Bonchev–Trinajstić information content (AvgIpc) is 2.91. The Labute approximate surface area is 167 Å². The molecule has 0 aliphatic rings. The molecule has 3 rings (SSSR count). The largest absolute Gasteiger partial charge is 0.433 e. The number of ether oxygens (including phenoxy) is 1. The number of carbonyl (C=O) groups is 1. The molecule has 1 N–H and O–H groups in total. The van der Waals surface area contributed by atoms with Crippen molar-refractivity contribution < 1.29 is 27.1 Å². The van der Waals surface area contributed by atoms with Gasteiger partial charge < -0.3 is 10.1 Å². The number of carbonyl (C=O) groups excluding carboxylic acids is 1. The van der Waals surface area contributed by atoms with Crippen molar-refractivity contribution in [1.82, 2.24) is 14.8 Å². The molecule has 3 aromatic rings. The standard InChI is InChI=1S/C18H15ClF4N4O2/c1-8-5-11(16(20)21)15-9(2)26-27(17(15)24-8)7-14(28)25-10-3-4-13(12(19)6-10)29-18(22)23/h3-6,16,18H,7H2,1-2H3,(H,25,28). The van der Waals surface area contributed by atoms with E-state index in [1.807, 2.05) is 0 Å². The summed E-state index contributed by atoms with van der Waals surface area (Å²) < 4.78 is 56.7. The summed E-state index contributed by atoms with van der Waals surface area (Å²) in [4.78, 5) is 16.6. The molecule has 154 valence electrons. The van der Waals surface area contributed by atoms with Crippen molar-refractivity contribution in [3.63, 3.8) is 0 Å². The Kier molecular flexibility index (Phi) is 5.92. The van der Waals surface area contributed by atoms with Gasteiger partial charge >= 0.3 is 6.61 Å². The van der Waals surface area contributed by atoms with E-state index in [9.17, 15) is 22.4 Å². The molecule has 1 amide bonds. The summed E-state index contributed by atoms with van der Waals surface area (Å²) in [6.45, 7) is -0.195. The highest BCUT2D eigenvalue weighted by Crippen LogP contribution is 2.31. The predicted molar refractivity (Wildman–Crippen MR) is 98.7 cm³/mol. The second kappa shape index (κ2) is 8.24. The van der Waals surface area contributed by atoms with Gasteiger partial charge in [0.25, 0.3) is 6.43 Å². The Balaban J connectivity index is 1.83. The van der Waals surface area contributed by atoms with Gasteiger partial charge in [0.2, 0.25) is 5.91 Å². The molecule has 11 heteroatoms. The molecule has 1 aromatic carbocycles. The van der Waals surface area contributed by atoms with E-state index in [-0.39, 0.29) is 39.6 Å². The van der Waals surface area contributed by atoms with E-state index in [1.54, 1.807) is 13.8 Å². The van der Waals surface area contributed by atoms with Gasteiger partial charge in [0.1, 0.15) is 12.3 Å². The highest BCUT2D eigenvalue weighted by molar-refractivity contribution is 6.32. The van der Waals surface area contributed by atoms with E-state index >= 15 is 0 Å². The number of pyridine rings is 1. The van der Waals surface area contributed by atoms with Crippen molar-refractivity contribution in [2.24, 2.45) is 0 Å². The zero-order valence-electron chi connectivity index (χ0n) is 15.2. The number of hydrogen-bond donors (Lipinski definition) is 1. The molecule has 6 nitrogen and oxygen atoms in total. The first-order valence-electron chi connectivity index (χ1n) is 8.32. The normalized spacial score (nSPS) is 11.5. The van der Waals surface area contributed by atoms with Crippen LogP contribution in [0.4, 0.5) is 23.2 Å². The fourth-order valence-corrected chi connectivity index (χ4v) is 3.13. The summed E-state index contributed by atoms with van der Waals surface area (Å²) in [6.07, 6.45) is -2.71. The van der Waals surface area contributed by atoms with Gasteiger partial charge in [-0.3, -0.25) is 4.79 Å². The number of hydrogen-bond acceptors (Lipinski definition) is 4. The highest BCUT2D eigenvalue weighted by Gasteiger charge is 2.20. The maximum Gasteiger partial charge on any atom is 0.387 e. The smallest absolute Gasteiger partial charge is 0.387 e. The summed E-state index contributed by atoms with van der Waals surface area (Å²) >= 11 is 5.85. The van der Waals surface area contributed by atoms with Crippen LogP contribution >= 0.6 is 11.6 Å². The fraction of sp³-hybridized carbons (Fsp3) is 0.278. The highest BCUT2D eigenvalue weighted by atomic mass is 35.5. The molecule has 0 aliphatic carbocycles. The number of anilines is 1. The van der Waals surface area contributed by atoms with Crippen LogP contribution in [0, 0.1) is 13.8 Å². The summed E-state index contributed by atoms with van der Waals surface area (Å²) in [7, 11) is 0. The van der Waals surface area contributed by atoms with Crippen molar-refractivity contribution in [3.05, 3.63) is 46.2 Å². The Morgan fingerprint density at radius 1 is 1.24 bits per heavy atom. The van der Waals surface area contributed by atoms with E-state index in [4.69, 9.17) is 11.6 Å². The minimum absolute atomic E-state index is 0.109. The lowest BCUT2D eigenvalue weighted by molar-refractivity contribution is -0.116. The number of fused-ring (bicyclic) bond motifs is 1. The zero-order chi connectivity index (χ0) is 21.3. The molecular weight excluding hydrogens is 416 g/mol. The summed E-state index contributed by atoms with van der Waals surface area (Å²) in [5, 5.41) is 6.78. The van der Waals surface area contributed by atoms with Gasteiger partial charge in [0.05, 0.1) is 16.1 Å². The van der Waals surface area contributed by atoms with Gasteiger partial charge in [-0.1, -0.05) is 11.6 Å². The van der Waals surface area contributed by atoms with Crippen molar-refractivity contribution in [2.75, 3.05) is 5.32 Å². The topological polar surface area (TPSA) is 69.0 Å². The number of aromatic nitrogens is 3. The lowest BCUT2D eigenvalue weighted by Crippen LogP contribution is -2.20. The minimum Gasteiger partial charge on any atom is -0.433 e. The van der Waals surface area contributed by atoms with Crippen molar-refractivity contribution in [3.8, 4) is 5.75 Å². The number of nitrogens with one attached hydrogen (secondary N) is 1. The minimum atomic E-state index is -3.03. The van der Waals surface area contributed by atoms with Crippen LogP contribution in [0.1, 0.15) is 23.4 Å². The first-order chi connectivity index (χ1) is 13.7. The molecule has 0 fully saturated rings. The van der Waals surface area contributed by atoms with Crippen molar-refractivity contribution >= 4 is 34.2 Å². The second-order valence-electron chi connectivity index (χ2n) is 6.17. The molecule has 2 aromatic heterocycles. The molecule has 0 radical (unpaired) electrons. The monoisotopic (exact) mass is 430 g/mol. The number of halogens is 5. The number of alkyl halides is 4. The maximum absolute atomic E-state index is 13.4. The Morgan fingerprint density at radius 2 is 1.97 bits per heavy atom. The molecule has 0 atom stereocenters. The molecule has 0 unspecified atom stereocenters. The number of benzene rings is 1. The van der Waals surface area contributed by atoms with Gasteiger partial charge in [-0.2, -0.15) is 13.9 Å². The number of amides is 1. The third kappa shape index (κ3) is 4.58. The molecule has 2 heterocycles. The number of nitrogens with zero attached hydrogens (tertiary/aromatic N) is 3. The van der Waals surface area contributed by atoms with Gasteiger partial charge in [-0.05, 0) is 38.1 Å². The molecule has 0 spiro atoms. The van der Waals surface area contributed by atoms with E-state index in [0.717, 1.165) is 0 Å². The third-order valence-electron chi connectivity index (χ3n) is 4.00. The van der Waals surface area contributed by atoms with Crippen LogP contribution in [0.15, 0.2) is 24.3 Å². The Morgan fingerprint density at radius 3 is 2.59 bits per heavy atom. The van der Waals surface area contributed by atoms with E-state index in [1.165, 1.54) is 28.9 Å². The van der Waals surface area contributed by atoms with Crippen LogP contribution in [0.25, 0.3) is 11.0 Å². The first-order valence-corrected chi connectivity index (χ1v) is 8.70. The van der Waals surface area contributed by atoms with Gasteiger partial charge in [-0.25, -0.2) is 18.4 Å². The van der Waals surface area contributed by atoms with Gasteiger partial charge in [-0.15, -0.1) is 0 Å². The lowest BCUT2D eigenvalue weighted by atomic mass is 10.1. The summed E-state index contributed by atoms with van der Waals surface area (Å²) in [5.41, 5.74) is 0.917. The van der Waals surface area contributed by atoms with Gasteiger partial charge in [0, 0.05) is 16.9 Å². The molecule has 0 saturated heterocycles. The lowest BCUT2D eigenvalue weighted by Gasteiger charge is -2.10. The van der Waals surface area contributed by atoms with Crippen LogP contribution < -0.4 is 10.1 Å². The third-order valence-corrected chi connectivity index (χ3v) is 4.29. The maximum atomic E-state index is 13.4. The first kappa shape index (κ1) is 20.8. The predicted octanol–water partition coefficient (Wildman–Crippen LogP) is 4.88. The van der Waals surface area contributed by atoms with E-state index in [2.05, 4.69) is 20.1 Å². The summed E-state index contributed by atoms with van der Waals surface area (Å²) in [5.74, 6) is -0.762. The van der Waals surface area contributed by atoms with Crippen LogP contribution in [-0.4, -0.2) is 27.3 Å². The van der Waals surface area contributed by atoms with E-state index in [0.29, 0.717) is 11.4 Å². The second-order valence-corrected chi connectivity index (χ2v) is 6.57. The zero-order valence-corrected chi connectivity index (χ0v) is 16.0. The van der Waals surface area contributed by atoms with Gasteiger partial charge in [0.15, 0.2) is 5.65 Å². The number of aryl methyl sites for hydroxylation is 2. The van der Waals surface area contributed by atoms with Crippen LogP contribution in [-0.2, 0) is 11.3 Å². The fourth-order valence-electron chi connectivity index (χ4n) is 2.91. The molecule has 0 aliphatic heterocycles. The molecule has 29 heavy (non-hydrogen) atoms. The van der Waals surface area contributed by atoms with Crippen LogP contribution in [0.5, 0.6) is 5.75 Å². The van der Waals surface area contributed by atoms with E-state index < -0.39 is 18.9 Å².